The van der Waals surface area contributed by atoms with E-state index in [1.54, 1.807) is 7.11 Å². The highest BCUT2D eigenvalue weighted by atomic mass is 35.5. The number of benzene rings is 3. The summed E-state index contributed by atoms with van der Waals surface area (Å²) < 4.78 is 5.22. The largest absolute Gasteiger partial charge is 0.495 e. The zero-order chi connectivity index (χ0) is 14.7. The topological polar surface area (TPSA) is 21.3 Å². The lowest BCUT2D eigenvalue weighted by Crippen LogP contribution is -1.99. The van der Waals surface area contributed by atoms with Gasteiger partial charge in [0.2, 0.25) is 0 Å². The monoisotopic (exact) mass is 297 g/mol. The molecule has 0 bridgehead atoms. The highest BCUT2D eigenvalue weighted by Crippen LogP contribution is 2.27. The van der Waals surface area contributed by atoms with Crippen LogP contribution >= 0.6 is 11.6 Å². The van der Waals surface area contributed by atoms with Gasteiger partial charge in [-0.15, -0.1) is 0 Å². The molecule has 3 heteroatoms. The fraction of sp³-hybridized carbons (Fsp3) is 0.111. The molecule has 0 aliphatic heterocycles. The molecule has 0 saturated carbocycles. The summed E-state index contributed by atoms with van der Waals surface area (Å²) in [5.74, 6) is 0.681. The smallest absolute Gasteiger partial charge is 0.139 e. The second kappa shape index (κ2) is 6.06. The summed E-state index contributed by atoms with van der Waals surface area (Å²) in [6.45, 7) is 0.760. The van der Waals surface area contributed by atoms with Crippen LogP contribution in [0.2, 0.25) is 5.02 Å². The lowest BCUT2D eigenvalue weighted by atomic mass is 10.1. The average Bonchev–Trinajstić information content (AvgIpc) is 2.54. The Labute approximate surface area is 129 Å². The number of methoxy groups -OCH3 is 1. The summed E-state index contributed by atoms with van der Waals surface area (Å²) in [7, 11) is 1.62. The molecule has 3 aromatic rings. The SMILES string of the molecule is COc1cc(NCc2ccc3ccccc3c2)ccc1Cl. The highest BCUT2D eigenvalue weighted by Gasteiger charge is 2.02. The maximum Gasteiger partial charge on any atom is 0.139 e. The lowest BCUT2D eigenvalue weighted by molar-refractivity contribution is 0.415. The van der Waals surface area contributed by atoms with Gasteiger partial charge in [0.1, 0.15) is 5.75 Å². The normalized spacial score (nSPS) is 10.6. The van der Waals surface area contributed by atoms with Gasteiger partial charge < -0.3 is 10.1 Å². The van der Waals surface area contributed by atoms with Gasteiger partial charge in [-0.3, -0.25) is 0 Å². The van der Waals surface area contributed by atoms with Crippen LogP contribution in [0.4, 0.5) is 5.69 Å². The van der Waals surface area contributed by atoms with E-state index in [0.29, 0.717) is 10.8 Å². The van der Waals surface area contributed by atoms with E-state index in [1.807, 2.05) is 18.2 Å². The molecule has 3 rings (SSSR count). The Bertz CT molecular complexity index is 770. The number of ether oxygens (including phenoxy) is 1. The summed E-state index contributed by atoms with van der Waals surface area (Å²) in [4.78, 5) is 0. The van der Waals surface area contributed by atoms with Crippen molar-refractivity contribution >= 4 is 28.1 Å². The molecule has 0 spiro atoms. The Hall–Kier alpha value is -2.19. The first-order chi connectivity index (χ1) is 10.3. The molecular weight excluding hydrogens is 282 g/mol. The van der Waals surface area contributed by atoms with E-state index in [4.69, 9.17) is 16.3 Å². The molecule has 3 aromatic carbocycles. The van der Waals surface area contributed by atoms with Crippen LogP contribution in [0.15, 0.2) is 60.7 Å². The third-order valence-corrected chi connectivity index (χ3v) is 3.77. The Morgan fingerprint density at radius 3 is 2.57 bits per heavy atom. The fourth-order valence-corrected chi connectivity index (χ4v) is 2.52. The molecular formula is C18H16ClNO. The van der Waals surface area contributed by atoms with Crippen LogP contribution < -0.4 is 10.1 Å². The third kappa shape index (κ3) is 3.11. The summed E-state index contributed by atoms with van der Waals surface area (Å²) in [6, 6.07) is 20.6. The van der Waals surface area contributed by atoms with Crippen molar-refractivity contribution in [1.82, 2.24) is 0 Å². The van der Waals surface area contributed by atoms with E-state index in [0.717, 1.165) is 12.2 Å². The Morgan fingerprint density at radius 2 is 1.76 bits per heavy atom. The molecule has 0 fully saturated rings. The van der Waals surface area contributed by atoms with Crippen molar-refractivity contribution in [3.8, 4) is 5.75 Å². The molecule has 2 nitrogen and oxygen atoms in total. The summed E-state index contributed by atoms with van der Waals surface area (Å²) in [5.41, 5.74) is 2.23. The minimum atomic E-state index is 0.619. The van der Waals surface area contributed by atoms with Crippen molar-refractivity contribution in [3.05, 3.63) is 71.2 Å². The first-order valence-corrected chi connectivity index (χ1v) is 7.19. The molecule has 0 amide bonds. The standard InChI is InChI=1S/C18H16ClNO/c1-21-18-11-16(8-9-17(18)19)20-12-13-6-7-14-4-2-3-5-15(14)10-13/h2-11,20H,12H2,1H3. The first-order valence-electron chi connectivity index (χ1n) is 6.81. The molecule has 0 unspecified atom stereocenters. The van der Waals surface area contributed by atoms with E-state index >= 15 is 0 Å². The summed E-state index contributed by atoms with van der Waals surface area (Å²) in [6.07, 6.45) is 0. The predicted octanol–water partition coefficient (Wildman–Crippen LogP) is 5.11. The van der Waals surface area contributed by atoms with Gasteiger partial charge in [0.05, 0.1) is 12.1 Å². The molecule has 0 aliphatic rings. The zero-order valence-electron chi connectivity index (χ0n) is 11.8. The van der Waals surface area contributed by atoms with Crippen molar-refractivity contribution < 1.29 is 4.74 Å². The molecule has 21 heavy (non-hydrogen) atoms. The van der Waals surface area contributed by atoms with E-state index in [-0.39, 0.29) is 0 Å². The number of fused-ring (bicyclic) bond motifs is 1. The summed E-state index contributed by atoms with van der Waals surface area (Å²) >= 11 is 6.03. The van der Waals surface area contributed by atoms with Crippen molar-refractivity contribution in [2.24, 2.45) is 0 Å². The number of rotatable bonds is 4. The van der Waals surface area contributed by atoms with Crippen LogP contribution in [-0.4, -0.2) is 7.11 Å². The first kappa shape index (κ1) is 13.8. The van der Waals surface area contributed by atoms with Crippen molar-refractivity contribution in [2.45, 2.75) is 6.54 Å². The maximum atomic E-state index is 6.03. The second-order valence-electron chi connectivity index (χ2n) is 4.88. The molecule has 106 valence electrons. The van der Waals surface area contributed by atoms with Crippen LogP contribution in [0.5, 0.6) is 5.75 Å². The third-order valence-electron chi connectivity index (χ3n) is 3.46. The van der Waals surface area contributed by atoms with Crippen LogP contribution in [0.25, 0.3) is 10.8 Å². The average molecular weight is 298 g/mol. The van der Waals surface area contributed by atoms with E-state index < -0.39 is 0 Å². The molecule has 0 radical (unpaired) electrons. The van der Waals surface area contributed by atoms with E-state index in [2.05, 4.69) is 47.8 Å². The molecule has 0 aromatic heterocycles. The predicted molar refractivity (Wildman–Crippen MR) is 89.3 cm³/mol. The van der Waals surface area contributed by atoms with Gasteiger partial charge in [-0.1, -0.05) is 48.0 Å². The van der Waals surface area contributed by atoms with Crippen molar-refractivity contribution in [1.29, 1.82) is 0 Å². The van der Waals surface area contributed by atoms with Gasteiger partial charge in [-0.25, -0.2) is 0 Å². The van der Waals surface area contributed by atoms with E-state index in [9.17, 15) is 0 Å². The minimum Gasteiger partial charge on any atom is -0.495 e. The quantitative estimate of drug-likeness (QED) is 0.722. The zero-order valence-corrected chi connectivity index (χ0v) is 12.5. The number of nitrogens with one attached hydrogen (secondary N) is 1. The number of hydrogen-bond acceptors (Lipinski definition) is 2. The fourth-order valence-electron chi connectivity index (χ4n) is 2.32. The Kier molecular flexibility index (Phi) is 3.98. The maximum absolute atomic E-state index is 6.03. The van der Waals surface area contributed by atoms with E-state index in [1.165, 1.54) is 16.3 Å². The van der Waals surface area contributed by atoms with Crippen LogP contribution in [-0.2, 0) is 6.54 Å². The Balaban J connectivity index is 1.76. The van der Waals surface area contributed by atoms with Crippen LogP contribution in [0.3, 0.4) is 0 Å². The highest BCUT2D eigenvalue weighted by molar-refractivity contribution is 6.32. The molecule has 1 N–H and O–H groups in total. The lowest BCUT2D eigenvalue weighted by Gasteiger charge is -2.10. The van der Waals surface area contributed by atoms with Gasteiger partial charge >= 0.3 is 0 Å². The van der Waals surface area contributed by atoms with Gasteiger partial charge in [0.25, 0.3) is 0 Å². The van der Waals surface area contributed by atoms with Crippen LogP contribution in [0, 0.1) is 0 Å². The summed E-state index contributed by atoms with van der Waals surface area (Å²) in [5, 5.41) is 6.52. The number of halogens is 1. The molecule has 0 aliphatic carbocycles. The second-order valence-corrected chi connectivity index (χ2v) is 5.29. The van der Waals surface area contributed by atoms with Crippen LogP contribution in [0.1, 0.15) is 5.56 Å². The number of anilines is 1. The molecule has 0 saturated heterocycles. The van der Waals surface area contributed by atoms with Gasteiger partial charge in [-0.05, 0) is 34.5 Å². The molecule has 0 heterocycles. The van der Waals surface area contributed by atoms with Gasteiger partial charge in [0.15, 0.2) is 0 Å². The van der Waals surface area contributed by atoms with Gasteiger partial charge in [0, 0.05) is 18.3 Å². The van der Waals surface area contributed by atoms with Gasteiger partial charge in [-0.2, -0.15) is 0 Å². The minimum absolute atomic E-state index is 0.619. The molecule has 0 atom stereocenters. The number of hydrogen-bond donors (Lipinski definition) is 1. The van der Waals surface area contributed by atoms with Crippen molar-refractivity contribution in [2.75, 3.05) is 12.4 Å². The Morgan fingerprint density at radius 1 is 0.952 bits per heavy atom. The van der Waals surface area contributed by atoms with Crippen molar-refractivity contribution in [3.63, 3.8) is 0 Å².